The Hall–Kier alpha value is -3.19. The quantitative estimate of drug-likeness (QED) is 0.561. The summed E-state index contributed by atoms with van der Waals surface area (Å²) in [5, 5.41) is 5.78. The number of likely N-dealkylation sites (N-methyl/N-ethyl adjacent to an activating group) is 1. The zero-order valence-corrected chi connectivity index (χ0v) is 17.6. The van der Waals surface area contributed by atoms with Crippen LogP contribution in [0.15, 0.2) is 60.7 Å². The number of hydrogen-bond acceptors (Lipinski definition) is 3. The fraction of sp³-hybridized carbons (Fsp3) is 0.348. The van der Waals surface area contributed by atoms with E-state index in [0.717, 1.165) is 16.0 Å². The summed E-state index contributed by atoms with van der Waals surface area (Å²) in [4.78, 5) is 40.4. The summed E-state index contributed by atoms with van der Waals surface area (Å²) in [7, 11) is 1.79. The van der Waals surface area contributed by atoms with Gasteiger partial charge in [0.25, 0.3) is 11.8 Å². The van der Waals surface area contributed by atoms with Crippen LogP contribution in [0, 0.1) is 0 Å². The van der Waals surface area contributed by atoms with Crippen molar-refractivity contribution in [3.63, 3.8) is 0 Å². The van der Waals surface area contributed by atoms with E-state index in [1.807, 2.05) is 74.5 Å². The molecular formula is C23H29N4O3+. The molecule has 1 aliphatic rings. The van der Waals surface area contributed by atoms with Gasteiger partial charge in [0.1, 0.15) is 0 Å². The molecule has 0 radical (unpaired) electrons. The third-order valence-electron chi connectivity index (χ3n) is 5.09. The summed E-state index contributed by atoms with van der Waals surface area (Å²) >= 11 is 0. The van der Waals surface area contributed by atoms with Gasteiger partial charge in [0.2, 0.25) is 0 Å². The predicted octanol–water partition coefficient (Wildman–Crippen LogP) is 0.673. The average Bonchev–Trinajstić information content (AvgIpc) is 2.93. The number of nitrogens with zero attached hydrogens (tertiary/aromatic N) is 1. The smallest absolute Gasteiger partial charge is 0.329 e. The Kier molecular flexibility index (Phi) is 6.52. The van der Waals surface area contributed by atoms with Gasteiger partial charge < -0.3 is 15.5 Å². The van der Waals surface area contributed by atoms with Crippen LogP contribution >= 0.6 is 0 Å². The highest BCUT2D eigenvalue weighted by Gasteiger charge is 2.53. The van der Waals surface area contributed by atoms with Crippen molar-refractivity contribution in [1.29, 1.82) is 0 Å². The van der Waals surface area contributed by atoms with Crippen LogP contribution in [0.3, 0.4) is 0 Å². The molecule has 1 saturated heterocycles. The molecule has 2 aromatic carbocycles. The third-order valence-corrected chi connectivity index (χ3v) is 5.09. The van der Waals surface area contributed by atoms with Crippen LogP contribution in [0.5, 0.6) is 0 Å². The first kappa shape index (κ1) is 21.5. The normalized spacial score (nSPS) is 19.7. The van der Waals surface area contributed by atoms with Crippen molar-refractivity contribution >= 4 is 17.8 Å². The first-order valence-corrected chi connectivity index (χ1v) is 10.2. The van der Waals surface area contributed by atoms with E-state index >= 15 is 0 Å². The van der Waals surface area contributed by atoms with Crippen molar-refractivity contribution in [3.8, 4) is 0 Å². The van der Waals surface area contributed by atoms with Crippen molar-refractivity contribution in [2.24, 2.45) is 0 Å². The lowest BCUT2D eigenvalue weighted by atomic mass is 9.83. The number of rotatable bonds is 8. The zero-order valence-electron chi connectivity index (χ0n) is 17.6. The molecule has 4 amide bonds. The molecule has 30 heavy (non-hydrogen) atoms. The summed E-state index contributed by atoms with van der Waals surface area (Å²) in [5.41, 5.74) is 0.527. The second-order valence-corrected chi connectivity index (χ2v) is 8.11. The van der Waals surface area contributed by atoms with Gasteiger partial charge in [0, 0.05) is 12.5 Å². The first-order chi connectivity index (χ1) is 14.3. The standard InChI is InChI=1S/C23H28N4O3/c1-17(2)24-20(28)15-26(3)16-27-21(29)23(25-22(27)30,19-12-8-5-9-13-19)14-18-10-6-4-7-11-18/h4-13,17H,14-16H2,1-3H3,(H,24,28)(H,25,30)/p+1/t23-/m0/s1. The molecule has 0 aliphatic carbocycles. The molecule has 0 spiro atoms. The van der Waals surface area contributed by atoms with Crippen LogP contribution in [-0.2, 0) is 21.5 Å². The number of carbonyl (C=O) groups excluding carboxylic acids is 3. The largest absolute Gasteiger partial charge is 0.349 e. The Labute approximate surface area is 177 Å². The zero-order chi connectivity index (χ0) is 21.7. The number of imide groups is 1. The molecule has 2 atom stereocenters. The van der Waals surface area contributed by atoms with Crippen molar-refractivity contribution in [1.82, 2.24) is 15.5 Å². The Balaban J connectivity index is 1.84. The van der Waals surface area contributed by atoms with Gasteiger partial charge in [-0.2, -0.15) is 0 Å². The van der Waals surface area contributed by atoms with Crippen LogP contribution in [0.2, 0.25) is 0 Å². The summed E-state index contributed by atoms with van der Waals surface area (Å²) in [6.45, 7) is 4.07. The number of carbonyl (C=O) groups is 3. The Morgan fingerprint density at radius 2 is 1.67 bits per heavy atom. The fourth-order valence-corrected chi connectivity index (χ4v) is 3.78. The van der Waals surface area contributed by atoms with Crippen LogP contribution < -0.4 is 15.5 Å². The van der Waals surface area contributed by atoms with Crippen molar-refractivity contribution in [3.05, 3.63) is 71.8 Å². The van der Waals surface area contributed by atoms with Gasteiger partial charge >= 0.3 is 6.03 Å². The van der Waals surface area contributed by atoms with E-state index in [-0.39, 0.29) is 31.1 Å². The van der Waals surface area contributed by atoms with Gasteiger partial charge in [-0.3, -0.25) is 9.59 Å². The van der Waals surface area contributed by atoms with Gasteiger partial charge in [-0.15, -0.1) is 0 Å². The molecule has 0 bridgehead atoms. The molecule has 2 aromatic rings. The minimum atomic E-state index is -1.17. The van der Waals surface area contributed by atoms with Gasteiger partial charge in [-0.1, -0.05) is 60.7 Å². The van der Waals surface area contributed by atoms with E-state index in [4.69, 9.17) is 0 Å². The predicted molar refractivity (Wildman–Crippen MR) is 114 cm³/mol. The SMILES string of the molecule is CC(C)NC(=O)C[NH+](C)CN1C(=O)N[C@@](Cc2ccccc2)(c2ccccc2)C1=O. The maximum absolute atomic E-state index is 13.6. The van der Waals surface area contributed by atoms with E-state index in [9.17, 15) is 14.4 Å². The molecule has 3 rings (SSSR count). The van der Waals surface area contributed by atoms with E-state index in [1.54, 1.807) is 7.05 Å². The molecule has 7 heteroatoms. The molecule has 1 fully saturated rings. The summed E-state index contributed by atoms with van der Waals surface area (Å²) in [6, 6.07) is 18.5. The second kappa shape index (κ2) is 9.09. The maximum Gasteiger partial charge on any atom is 0.329 e. The van der Waals surface area contributed by atoms with Gasteiger partial charge in [-0.05, 0) is 25.0 Å². The highest BCUT2D eigenvalue weighted by atomic mass is 16.2. The molecular weight excluding hydrogens is 380 g/mol. The number of hydrogen-bond donors (Lipinski definition) is 3. The Morgan fingerprint density at radius 3 is 2.27 bits per heavy atom. The lowest BCUT2D eigenvalue weighted by Crippen LogP contribution is -3.12. The van der Waals surface area contributed by atoms with E-state index in [2.05, 4.69) is 10.6 Å². The topological polar surface area (TPSA) is 82.9 Å². The highest BCUT2D eigenvalue weighted by molar-refractivity contribution is 6.07. The average molecular weight is 410 g/mol. The second-order valence-electron chi connectivity index (χ2n) is 8.11. The lowest BCUT2D eigenvalue weighted by molar-refractivity contribution is -0.879. The van der Waals surface area contributed by atoms with E-state index in [0.29, 0.717) is 6.42 Å². The summed E-state index contributed by atoms with van der Waals surface area (Å²) < 4.78 is 0. The van der Waals surface area contributed by atoms with E-state index in [1.165, 1.54) is 4.90 Å². The molecule has 158 valence electrons. The van der Waals surface area contributed by atoms with Crippen LogP contribution in [0.1, 0.15) is 25.0 Å². The van der Waals surface area contributed by atoms with Crippen molar-refractivity contribution in [2.45, 2.75) is 31.8 Å². The maximum atomic E-state index is 13.6. The first-order valence-electron chi connectivity index (χ1n) is 10.2. The monoisotopic (exact) mass is 409 g/mol. The van der Waals surface area contributed by atoms with Crippen LogP contribution in [0.25, 0.3) is 0 Å². The van der Waals surface area contributed by atoms with E-state index < -0.39 is 11.6 Å². The third kappa shape index (κ3) is 4.68. The molecule has 0 saturated carbocycles. The lowest BCUT2D eigenvalue weighted by Gasteiger charge is -2.28. The molecule has 1 unspecified atom stereocenters. The highest BCUT2D eigenvalue weighted by Crippen LogP contribution is 2.32. The molecule has 7 nitrogen and oxygen atoms in total. The molecule has 3 N–H and O–H groups in total. The number of amides is 4. The van der Waals surface area contributed by atoms with Crippen molar-refractivity contribution in [2.75, 3.05) is 20.3 Å². The summed E-state index contributed by atoms with van der Waals surface area (Å²) in [6.07, 6.45) is 0.353. The fourth-order valence-electron chi connectivity index (χ4n) is 3.78. The minimum Gasteiger partial charge on any atom is -0.349 e. The number of nitrogens with one attached hydrogen (secondary N) is 3. The number of benzene rings is 2. The molecule has 0 aromatic heterocycles. The van der Waals surface area contributed by atoms with Gasteiger partial charge in [0.15, 0.2) is 18.8 Å². The number of urea groups is 1. The van der Waals surface area contributed by atoms with Crippen LogP contribution in [0.4, 0.5) is 4.79 Å². The minimum absolute atomic E-state index is 0.0404. The van der Waals surface area contributed by atoms with Crippen LogP contribution in [-0.4, -0.2) is 49.0 Å². The number of quaternary nitrogens is 1. The Morgan fingerprint density at radius 1 is 1.07 bits per heavy atom. The van der Waals surface area contributed by atoms with Crippen molar-refractivity contribution < 1.29 is 19.3 Å². The summed E-state index contributed by atoms with van der Waals surface area (Å²) in [5.74, 6) is -0.417. The van der Waals surface area contributed by atoms with Gasteiger partial charge in [-0.25, -0.2) is 9.69 Å². The molecule has 1 aliphatic heterocycles. The Bertz CT molecular complexity index is 901. The van der Waals surface area contributed by atoms with Gasteiger partial charge in [0.05, 0.1) is 7.05 Å². The molecule has 1 heterocycles.